The van der Waals surface area contributed by atoms with Crippen molar-refractivity contribution >= 4 is 41.2 Å². The Morgan fingerprint density at radius 3 is 2.62 bits per heavy atom. The van der Waals surface area contributed by atoms with Gasteiger partial charge in [-0.05, 0) is 31.5 Å². The molecule has 3 heterocycles. The van der Waals surface area contributed by atoms with E-state index in [9.17, 15) is 34.5 Å². The van der Waals surface area contributed by atoms with Crippen molar-refractivity contribution in [3.05, 3.63) is 29.8 Å². The van der Waals surface area contributed by atoms with E-state index in [0.29, 0.717) is 18.7 Å². The number of nitrogens with zero attached hydrogens (tertiary/aromatic N) is 1. The van der Waals surface area contributed by atoms with Gasteiger partial charge in [-0.3, -0.25) is 9.59 Å². The number of carbonyl (C=O) groups is 4. The molecule has 0 aliphatic carbocycles. The number of hydrogen-bond acceptors (Lipinski definition) is 8. The number of hydrogen-bond donors (Lipinski definition) is 6. The Morgan fingerprint density at radius 1 is 1.29 bits per heavy atom. The van der Waals surface area contributed by atoms with Crippen molar-refractivity contribution in [2.75, 3.05) is 11.9 Å². The Balaban J connectivity index is 1.44. The van der Waals surface area contributed by atoms with Crippen LogP contribution in [0.3, 0.4) is 0 Å². The Bertz CT molecular complexity index is 1040. The maximum atomic E-state index is 12.7. The monoisotopic (exact) mass is 493 g/mol. The number of fused-ring (bicyclic) bond motifs is 1. The van der Waals surface area contributed by atoms with E-state index in [4.69, 9.17) is 5.11 Å². The average molecular weight is 494 g/mol. The Labute approximate surface area is 199 Å². The van der Waals surface area contributed by atoms with Crippen molar-refractivity contribution < 1.29 is 39.6 Å². The first-order valence-electron chi connectivity index (χ1n) is 11.0. The molecule has 0 spiro atoms. The van der Waals surface area contributed by atoms with Gasteiger partial charge in [0.2, 0.25) is 11.8 Å². The van der Waals surface area contributed by atoms with Gasteiger partial charge >= 0.3 is 11.9 Å². The van der Waals surface area contributed by atoms with Gasteiger partial charge in [-0.25, -0.2) is 9.59 Å². The maximum absolute atomic E-state index is 12.7. The average Bonchev–Trinajstić information content (AvgIpc) is 3.29. The lowest BCUT2D eigenvalue weighted by Gasteiger charge is -2.46. The van der Waals surface area contributed by atoms with Crippen molar-refractivity contribution in [2.45, 2.75) is 54.7 Å². The number of aliphatic carboxylic acids is 1. The molecule has 3 saturated heterocycles. The summed E-state index contributed by atoms with van der Waals surface area (Å²) in [6, 6.07) is 3.20. The second kappa shape index (κ2) is 8.84. The number of nitrogens with one attached hydrogen (secondary N) is 2. The number of amides is 2. The van der Waals surface area contributed by atoms with E-state index in [1.165, 1.54) is 30.0 Å². The summed E-state index contributed by atoms with van der Waals surface area (Å²) >= 11 is 1.04. The molecule has 3 aliphatic heterocycles. The van der Waals surface area contributed by atoms with Crippen LogP contribution in [-0.2, 0) is 14.4 Å². The summed E-state index contributed by atoms with van der Waals surface area (Å²) < 4.78 is 0. The number of aliphatic hydroxyl groups excluding tert-OH is 1. The largest absolute Gasteiger partial charge is 0.480 e. The van der Waals surface area contributed by atoms with E-state index < -0.39 is 58.8 Å². The number of anilines is 1. The first-order chi connectivity index (χ1) is 16.0. The molecule has 2 amide bonds. The fourth-order valence-corrected chi connectivity index (χ4v) is 6.98. The maximum Gasteiger partial charge on any atom is 0.335 e. The highest BCUT2D eigenvalue weighted by molar-refractivity contribution is 8.01. The number of benzene rings is 1. The molecule has 34 heavy (non-hydrogen) atoms. The van der Waals surface area contributed by atoms with Gasteiger partial charge in [0.1, 0.15) is 4.93 Å². The van der Waals surface area contributed by atoms with Crippen LogP contribution in [0.5, 0.6) is 0 Å². The van der Waals surface area contributed by atoms with Crippen LogP contribution in [0.4, 0.5) is 5.69 Å². The molecule has 12 heteroatoms. The number of carboxylic acids is 2. The van der Waals surface area contributed by atoms with Crippen LogP contribution in [0.2, 0.25) is 0 Å². The Morgan fingerprint density at radius 2 is 2.00 bits per heavy atom. The molecular weight excluding hydrogens is 466 g/mol. The van der Waals surface area contributed by atoms with Crippen LogP contribution in [0.1, 0.15) is 30.6 Å². The minimum absolute atomic E-state index is 0.0393. The van der Waals surface area contributed by atoms with Crippen molar-refractivity contribution in [3.63, 3.8) is 0 Å². The molecule has 3 aliphatic rings. The summed E-state index contributed by atoms with van der Waals surface area (Å²) in [5.41, 5.74) is 0.376. The van der Waals surface area contributed by atoms with Crippen molar-refractivity contribution in [2.24, 2.45) is 11.8 Å². The number of β-lactam (4-membered cyclic amide) rings is 1. The quantitative estimate of drug-likeness (QED) is 0.220. The van der Waals surface area contributed by atoms with Gasteiger partial charge in [-0.1, -0.05) is 13.0 Å². The molecule has 1 aromatic carbocycles. The van der Waals surface area contributed by atoms with Crippen molar-refractivity contribution in [3.8, 4) is 0 Å². The van der Waals surface area contributed by atoms with E-state index in [0.717, 1.165) is 11.8 Å². The zero-order valence-corrected chi connectivity index (χ0v) is 19.4. The van der Waals surface area contributed by atoms with Gasteiger partial charge in [0.05, 0.1) is 29.7 Å². The third-order valence-electron chi connectivity index (χ3n) is 6.96. The topological polar surface area (TPSA) is 176 Å². The molecular formula is C22H27N3O8S. The van der Waals surface area contributed by atoms with E-state index in [-0.39, 0.29) is 16.7 Å². The van der Waals surface area contributed by atoms with Gasteiger partial charge in [0.25, 0.3) is 0 Å². The number of aliphatic hydroxyl groups is 2. The fourth-order valence-electron chi connectivity index (χ4n) is 5.28. The zero-order chi connectivity index (χ0) is 24.9. The highest BCUT2D eigenvalue weighted by Gasteiger charge is 2.71. The zero-order valence-electron chi connectivity index (χ0n) is 18.5. The van der Waals surface area contributed by atoms with Crippen LogP contribution < -0.4 is 10.6 Å². The van der Waals surface area contributed by atoms with Crippen LogP contribution in [-0.4, -0.2) is 90.0 Å². The summed E-state index contributed by atoms with van der Waals surface area (Å²) in [6.45, 7) is 3.48. The molecule has 0 radical (unpaired) electrons. The summed E-state index contributed by atoms with van der Waals surface area (Å²) in [5.74, 6) is -4.66. The van der Waals surface area contributed by atoms with Crippen LogP contribution in [0, 0.1) is 11.8 Å². The lowest BCUT2D eigenvalue weighted by Crippen LogP contribution is -2.66. The smallest absolute Gasteiger partial charge is 0.335 e. The van der Waals surface area contributed by atoms with E-state index in [1.807, 2.05) is 0 Å². The molecule has 0 saturated carbocycles. The standard InChI is InChI=1S/C22H27N3O8S/c1-9-16-15(10(2)26)19(28)25(16)17(21(31)32)22(9,33)34-13-7-14(23-8-13)18(27)24-12-5-3-4-11(6-12)20(29)30/h3-6,9-10,13-17,23,26,33H,7-8H2,1-2H3,(H,24,27)(H,29,30)(H,31,32)/t9-,10-,13+,14+,15-,16-,17?,22?/m1/s1. The predicted molar refractivity (Wildman–Crippen MR) is 121 cm³/mol. The van der Waals surface area contributed by atoms with Gasteiger partial charge in [0, 0.05) is 23.4 Å². The van der Waals surface area contributed by atoms with Gasteiger partial charge < -0.3 is 36.0 Å². The summed E-state index contributed by atoms with van der Waals surface area (Å²) in [5, 5.41) is 45.8. The predicted octanol–water partition coefficient (Wildman–Crippen LogP) is -0.214. The summed E-state index contributed by atoms with van der Waals surface area (Å²) in [6.07, 6.45) is -0.659. The summed E-state index contributed by atoms with van der Waals surface area (Å²) in [4.78, 5) is 47.8. The SMILES string of the molecule is C[C@@H]1[C@@H]2[C@@H]([C@@H](C)O)C(=O)N2C(C(=O)O)C1(O)S[C@@H]1CN[C@H](C(=O)Nc2cccc(C(=O)O)c2)C1. The number of aromatic carboxylic acids is 1. The van der Waals surface area contributed by atoms with E-state index >= 15 is 0 Å². The third-order valence-corrected chi connectivity index (χ3v) is 8.62. The van der Waals surface area contributed by atoms with E-state index in [2.05, 4.69) is 10.6 Å². The number of thioether (sulfide) groups is 1. The second-order valence-electron chi connectivity index (χ2n) is 9.10. The van der Waals surface area contributed by atoms with Crippen LogP contribution in [0.15, 0.2) is 24.3 Å². The van der Waals surface area contributed by atoms with Crippen LogP contribution in [0.25, 0.3) is 0 Å². The lowest BCUT2D eigenvalue weighted by molar-refractivity contribution is -0.172. The van der Waals surface area contributed by atoms with Gasteiger partial charge in [0.15, 0.2) is 6.04 Å². The Kier molecular flexibility index (Phi) is 6.36. The minimum Gasteiger partial charge on any atom is -0.480 e. The van der Waals surface area contributed by atoms with Crippen molar-refractivity contribution in [1.82, 2.24) is 10.2 Å². The third kappa shape index (κ3) is 3.94. The molecule has 0 aromatic heterocycles. The molecule has 6 N–H and O–H groups in total. The first-order valence-corrected chi connectivity index (χ1v) is 11.8. The lowest BCUT2D eigenvalue weighted by atomic mass is 9.79. The van der Waals surface area contributed by atoms with Gasteiger partial charge in [-0.2, -0.15) is 0 Å². The molecule has 11 nitrogen and oxygen atoms in total. The number of carbonyl (C=O) groups excluding carboxylic acids is 2. The second-order valence-corrected chi connectivity index (χ2v) is 10.7. The highest BCUT2D eigenvalue weighted by Crippen LogP contribution is 2.55. The van der Waals surface area contributed by atoms with E-state index in [1.54, 1.807) is 13.0 Å². The highest BCUT2D eigenvalue weighted by atomic mass is 32.2. The molecule has 184 valence electrons. The minimum atomic E-state index is -1.79. The molecule has 1 aromatic rings. The summed E-state index contributed by atoms with van der Waals surface area (Å²) in [7, 11) is 0. The first kappa shape index (κ1) is 24.5. The molecule has 8 atom stereocenters. The van der Waals surface area contributed by atoms with Gasteiger partial charge in [-0.15, -0.1) is 11.8 Å². The molecule has 4 rings (SSSR count). The number of carboxylic acid groups (broad SMARTS) is 2. The molecule has 3 fully saturated rings. The fraction of sp³-hybridized carbons (Fsp3) is 0.545. The Hall–Kier alpha value is -2.67. The number of rotatable bonds is 7. The molecule has 2 unspecified atom stereocenters. The normalized spacial score (nSPS) is 35.4. The van der Waals surface area contributed by atoms with Crippen molar-refractivity contribution in [1.29, 1.82) is 0 Å². The van der Waals surface area contributed by atoms with Crippen LogP contribution >= 0.6 is 11.8 Å². The molecule has 0 bridgehead atoms.